The van der Waals surface area contributed by atoms with Gasteiger partial charge in [0.15, 0.2) is 0 Å². The second-order valence-electron chi connectivity index (χ2n) is 8.04. The lowest BCUT2D eigenvalue weighted by atomic mass is 9.78. The third-order valence-electron chi connectivity index (χ3n) is 4.99. The molecule has 2 unspecified atom stereocenters. The molecule has 1 aromatic heterocycles. The van der Waals surface area contributed by atoms with Crippen molar-refractivity contribution in [3.05, 3.63) is 84.4 Å². The van der Waals surface area contributed by atoms with Gasteiger partial charge in [-0.1, -0.05) is 56.3 Å². The zero-order valence-electron chi connectivity index (χ0n) is 17.0. The van der Waals surface area contributed by atoms with E-state index in [2.05, 4.69) is 55.2 Å². The van der Waals surface area contributed by atoms with Gasteiger partial charge in [-0.05, 0) is 48.3 Å². The van der Waals surface area contributed by atoms with Crippen molar-refractivity contribution < 1.29 is 5.11 Å². The fraction of sp³-hybridized carbons (Fsp3) is 0.375. The van der Waals surface area contributed by atoms with E-state index in [0.717, 1.165) is 22.8 Å². The van der Waals surface area contributed by atoms with E-state index in [1.807, 2.05) is 47.6 Å². The first-order valence-corrected chi connectivity index (χ1v) is 10.9. The Hall–Kier alpha value is -2.04. The van der Waals surface area contributed by atoms with Crippen molar-refractivity contribution in [2.75, 3.05) is 5.75 Å². The highest BCUT2D eigenvalue weighted by atomic mass is 32.2. The first-order valence-electron chi connectivity index (χ1n) is 9.91. The van der Waals surface area contributed by atoms with Gasteiger partial charge >= 0.3 is 0 Å². The summed E-state index contributed by atoms with van der Waals surface area (Å²) in [6, 6.07) is 19.0. The summed E-state index contributed by atoms with van der Waals surface area (Å²) in [6.45, 7) is 6.92. The number of aromatic nitrogens is 2. The van der Waals surface area contributed by atoms with Crippen LogP contribution in [0.2, 0.25) is 0 Å². The molecular weight excluding hydrogens is 364 g/mol. The van der Waals surface area contributed by atoms with Crippen molar-refractivity contribution in [3.8, 4) is 0 Å². The van der Waals surface area contributed by atoms with Crippen LogP contribution in [0.3, 0.4) is 0 Å². The number of hydrogen-bond acceptors (Lipinski definition) is 3. The van der Waals surface area contributed by atoms with E-state index in [4.69, 9.17) is 0 Å². The van der Waals surface area contributed by atoms with E-state index in [0.29, 0.717) is 6.54 Å². The number of aliphatic hydroxyl groups is 1. The molecule has 0 aliphatic heterocycles. The third-order valence-corrected chi connectivity index (χ3v) is 6.04. The molecule has 2 atom stereocenters. The van der Waals surface area contributed by atoms with Gasteiger partial charge in [0, 0.05) is 23.2 Å². The monoisotopic (exact) mass is 394 g/mol. The fourth-order valence-corrected chi connectivity index (χ4v) is 4.72. The molecule has 0 spiro atoms. The van der Waals surface area contributed by atoms with Crippen molar-refractivity contribution in [1.82, 2.24) is 9.55 Å². The van der Waals surface area contributed by atoms with Gasteiger partial charge in [-0.3, -0.25) is 0 Å². The number of benzene rings is 2. The Balaban J connectivity index is 1.85. The lowest BCUT2D eigenvalue weighted by molar-refractivity contribution is 0.0252. The van der Waals surface area contributed by atoms with E-state index in [1.54, 1.807) is 12.5 Å². The van der Waals surface area contributed by atoms with Crippen LogP contribution in [0.25, 0.3) is 0 Å². The summed E-state index contributed by atoms with van der Waals surface area (Å²) in [5.41, 5.74) is 1.30. The van der Waals surface area contributed by atoms with Gasteiger partial charge in [0.05, 0.1) is 18.5 Å². The average molecular weight is 395 g/mol. The first-order chi connectivity index (χ1) is 13.5. The Morgan fingerprint density at radius 3 is 2.32 bits per heavy atom. The molecule has 148 valence electrons. The molecule has 0 saturated carbocycles. The summed E-state index contributed by atoms with van der Waals surface area (Å²) in [5, 5.41) is 11.5. The lowest BCUT2D eigenvalue weighted by Gasteiger charge is -2.34. The highest BCUT2D eigenvalue weighted by molar-refractivity contribution is 7.99. The molecule has 0 aliphatic carbocycles. The summed E-state index contributed by atoms with van der Waals surface area (Å²) < 4.78 is 1.94. The normalized spacial score (nSPS) is 14.8. The summed E-state index contributed by atoms with van der Waals surface area (Å²) >= 11 is 1.90. The second kappa shape index (κ2) is 9.44. The quantitative estimate of drug-likeness (QED) is 0.480. The largest absolute Gasteiger partial charge is 0.387 e. The molecular formula is C24H30N2OS. The predicted octanol–water partition coefficient (Wildman–Crippen LogP) is 5.60. The van der Waals surface area contributed by atoms with Gasteiger partial charge in [-0.25, -0.2) is 4.98 Å². The lowest BCUT2D eigenvalue weighted by Crippen LogP contribution is -2.38. The Labute approximate surface area is 172 Å². The summed E-state index contributed by atoms with van der Waals surface area (Å²) in [7, 11) is 0. The topological polar surface area (TPSA) is 38.0 Å². The van der Waals surface area contributed by atoms with Gasteiger partial charge in [-0.15, -0.1) is 11.8 Å². The van der Waals surface area contributed by atoms with Crippen molar-refractivity contribution in [2.45, 2.75) is 50.2 Å². The minimum atomic E-state index is -0.950. The van der Waals surface area contributed by atoms with Crippen LogP contribution >= 0.6 is 11.8 Å². The van der Waals surface area contributed by atoms with Gasteiger partial charge < -0.3 is 9.67 Å². The number of imidazole rings is 1. The van der Waals surface area contributed by atoms with Crippen LogP contribution in [-0.4, -0.2) is 26.0 Å². The van der Waals surface area contributed by atoms with E-state index >= 15 is 0 Å². The SMILES string of the molecule is CC(C)CCSc1ccc(C(c2ccccc2)C(C)(O)Cn2ccnc2)cc1. The molecule has 0 bridgehead atoms. The Bertz CT molecular complexity index is 827. The third kappa shape index (κ3) is 5.49. The molecule has 2 aromatic carbocycles. The van der Waals surface area contributed by atoms with E-state index in [-0.39, 0.29) is 5.92 Å². The van der Waals surface area contributed by atoms with Crippen LogP contribution in [0.5, 0.6) is 0 Å². The molecule has 0 aliphatic rings. The Kier molecular flexibility index (Phi) is 6.97. The zero-order valence-corrected chi connectivity index (χ0v) is 17.8. The number of rotatable bonds is 9. The number of thioether (sulfide) groups is 1. The molecule has 28 heavy (non-hydrogen) atoms. The van der Waals surface area contributed by atoms with Gasteiger partial charge in [0.25, 0.3) is 0 Å². The minimum absolute atomic E-state index is 0.120. The maximum absolute atomic E-state index is 11.5. The van der Waals surface area contributed by atoms with Crippen LogP contribution in [0, 0.1) is 5.92 Å². The van der Waals surface area contributed by atoms with Crippen LogP contribution < -0.4 is 0 Å². The highest BCUT2D eigenvalue weighted by Crippen LogP contribution is 2.37. The molecule has 3 rings (SSSR count). The maximum Gasteiger partial charge on any atom is 0.0946 e. The highest BCUT2D eigenvalue weighted by Gasteiger charge is 2.34. The molecule has 1 N–H and O–H groups in total. The van der Waals surface area contributed by atoms with Gasteiger partial charge in [0.2, 0.25) is 0 Å². The average Bonchev–Trinajstić information content (AvgIpc) is 3.16. The zero-order chi connectivity index (χ0) is 20.0. The van der Waals surface area contributed by atoms with Crippen molar-refractivity contribution in [1.29, 1.82) is 0 Å². The van der Waals surface area contributed by atoms with Crippen LogP contribution in [0.15, 0.2) is 78.2 Å². The molecule has 1 heterocycles. The molecule has 0 amide bonds. The minimum Gasteiger partial charge on any atom is -0.387 e. The molecule has 0 fully saturated rings. The van der Waals surface area contributed by atoms with Crippen LogP contribution in [0.1, 0.15) is 44.2 Å². The number of hydrogen-bond donors (Lipinski definition) is 1. The van der Waals surface area contributed by atoms with Crippen LogP contribution in [-0.2, 0) is 6.54 Å². The molecule has 4 heteroatoms. The predicted molar refractivity (Wildman–Crippen MR) is 118 cm³/mol. The van der Waals surface area contributed by atoms with Crippen molar-refractivity contribution >= 4 is 11.8 Å². The maximum atomic E-state index is 11.5. The molecule has 0 saturated heterocycles. The van der Waals surface area contributed by atoms with Crippen molar-refractivity contribution in [2.24, 2.45) is 5.92 Å². The molecule has 3 aromatic rings. The van der Waals surface area contributed by atoms with Crippen LogP contribution in [0.4, 0.5) is 0 Å². The van der Waals surface area contributed by atoms with E-state index in [9.17, 15) is 5.11 Å². The Morgan fingerprint density at radius 2 is 1.71 bits per heavy atom. The standard InChI is InChI=1S/C24H30N2OS/c1-19(2)13-16-28-22-11-9-21(10-12-22)23(20-7-5-4-6-8-20)24(3,27)17-26-15-14-25-18-26/h4-12,14-15,18-19,23,27H,13,16-17H2,1-3H3. The van der Waals surface area contributed by atoms with E-state index < -0.39 is 5.60 Å². The van der Waals surface area contributed by atoms with Gasteiger partial charge in [-0.2, -0.15) is 0 Å². The summed E-state index contributed by atoms with van der Waals surface area (Å²) in [5.74, 6) is 1.75. The molecule has 3 nitrogen and oxygen atoms in total. The fourth-order valence-electron chi connectivity index (χ4n) is 3.57. The number of nitrogens with zero attached hydrogens (tertiary/aromatic N) is 2. The first kappa shape index (κ1) is 20.7. The second-order valence-corrected chi connectivity index (χ2v) is 9.20. The summed E-state index contributed by atoms with van der Waals surface area (Å²) in [4.78, 5) is 5.40. The van der Waals surface area contributed by atoms with Crippen molar-refractivity contribution in [3.63, 3.8) is 0 Å². The molecule has 0 radical (unpaired) electrons. The Morgan fingerprint density at radius 1 is 1.04 bits per heavy atom. The summed E-state index contributed by atoms with van der Waals surface area (Å²) in [6.07, 6.45) is 6.62. The van der Waals surface area contributed by atoms with Gasteiger partial charge in [0.1, 0.15) is 0 Å². The van der Waals surface area contributed by atoms with E-state index in [1.165, 1.54) is 11.3 Å². The smallest absolute Gasteiger partial charge is 0.0946 e.